The lowest BCUT2D eigenvalue weighted by molar-refractivity contribution is 0.264. The molecule has 1 aliphatic rings. The van der Waals surface area contributed by atoms with E-state index in [9.17, 15) is 4.39 Å². The zero-order valence-electron chi connectivity index (χ0n) is 21.2. The minimum Gasteiger partial charge on any atom is -0.354 e. The van der Waals surface area contributed by atoms with Crippen molar-refractivity contribution in [3.63, 3.8) is 0 Å². The Kier molecular flexibility index (Phi) is 8.82. The highest BCUT2D eigenvalue weighted by atomic mass is 35.5. The third kappa shape index (κ3) is 6.24. The van der Waals surface area contributed by atoms with Gasteiger partial charge in [0.05, 0.1) is 11.4 Å². The van der Waals surface area contributed by atoms with Gasteiger partial charge in [0.15, 0.2) is 0 Å². The van der Waals surface area contributed by atoms with Crippen LogP contribution < -0.4 is 4.90 Å². The highest BCUT2D eigenvalue weighted by molar-refractivity contribution is 6.30. The standard InChI is InChI=1S/C28H37ClFN5/c1-4-9-27-26(21-33(6-3)20-22-10-7-11-23(29)18-22)28(34-16-14-32(5-2)15-17-34)35(31-27)25-13-8-12-24(30)19-25/h7-8,10-13,18-19H,4-6,9,14-17,20-21H2,1-3H3. The number of aromatic nitrogens is 2. The van der Waals surface area contributed by atoms with E-state index in [0.29, 0.717) is 0 Å². The largest absolute Gasteiger partial charge is 0.354 e. The van der Waals surface area contributed by atoms with Crippen molar-refractivity contribution in [2.75, 3.05) is 44.2 Å². The van der Waals surface area contributed by atoms with Crippen LogP contribution in [-0.2, 0) is 19.5 Å². The quantitative estimate of drug-likeness (QED) is 0.355. The first-order chi connectivity index (χ1) is 17.0. The topological polar surface area (TPSA) is 27.5 Å². The summed E-state index contributed by atoms with van der Waals surface area (Å²) in [5, 5.41) is 5.84. The van der Waals surface area contributed by atoms with Gasteiger partial charge in [-0.25, -0.2) is 9.07 Å². The Morgan fingerprint density at radius 3 is 2.40 bits per heavy atom. The number of hydrogen-bond donors (Lipinski definition) is 0. The van der Waals surface area contributed by atoms with Crippen molar-refractivity contribution in [1.29, 1.82) is 0 Å². The maximum atomic E-state index is 14.2. The summed E-state index contributed by atoms with van der Waals surface area (Å²) < 4.78 is 16.2. The van der Waals surface area contributed by atoms with Gasteiger partial charge in [-0.1, -0.05) is 57.0 Å². The van der Waals surface area contributed by atoms with Crippen LogP contribution >= 0.6 is 11.6 Å². The van der Waals surface area contributed by atoms with Crippen molar-refractivity contribution in [3.05, 3.63) is 76.2 Å². The van der Waals surface area contributed by atoms with Crippen LogP contribution in [0.4, 0.5) is 10.2 Å². The lowest BCUT2D eigenvalue weighted by atomic mass is 10.1. The highest BCUT2D eigenvalue weighted by Crippen LogP contribution is 2.31. The number of halogens is 2. The number of anilines is 1. The number of benzene rings is 2. The number of likely N-dealkylation sites (N-methyl/N-ethyl adjacent to an activating group) is 1. The van der Waals surface area contributed by atoms with E-state index in [1.807, 2.05) is 28.9 Å². The Bertz CT molecular complexity index is 1110. The molecule has 0 radical (unpaired) electrons. The molecule has 0 saturated carbocycles. The molecule has 2 heterocycles. The van der Waals surface area contributed by atoms with Crippen molar-refractivity contribution in [3.8, 4) is 5.69 Å². The number of hydrogen-bond acceptors (Lipinski definition) is 4. The van der Waals surface area contributed by atoms with Gasteiger partial charge >= 0.3 is 0 Å². The Morgan fingerprint density at radius 2 is 1.74 bits per heavy atom. The molecule has 0 amide bonds. The lowest BCUT2D eigenvalue weighted by Crippen LogP contribution is -2.47. The molecule has 35 heavy (non-hydrogen) atoms. The predicted octanol–water partition coefficient (Wildman–Crippen LogP) is 5.78. The summed E-state index contributed by atoms with van der Waals surface area (Å²) >= 11 is 6.26. The second-order valence-corrected chi connectivity index (χ2v) is 9.68. The molecule has 7 heteroatoms. The lowest BCUT2D eigenvalue weighted by Gasteiger charge is -2.36. The second-order valence-electron chi connectivity index (χ2n) is 9.25. The number of nitrogens with zero attached hydrogens (tertiary/aromatic N) is 5. The smallest absolute Gasteiger partial charge is 0.137 e. The highest BCUT2D eigenvalue weighted by Gasteiger charge is 2.27. The van der Waals surface area contributed by atoms with E-state index in [1.165, 1.54) is 17.2 Å². The summed E-state index contributed by atoms with van der Waals surface area (Å²) in [5.74, 6) is 0.869. The molecule has 1 aliphatic heterocycles. The Hall–Kier alpha value is -2.41. The molecule has 3 aromatic rings. The molecule has 2 aromatic carbocycles. The fourth-order valence-electron chi connectivity index (χ4n) is 4.87. The van der Waals surface area contributed by atoms with Crippen LogP contribution in [0.25, 0.3) is 5.69 Å². The van der Waals surface area contributed by atoms with Gasteiger partial charge in [0, 0.05) is 49.9 Å². The van der Waals surface area contributed by atoms with Gasteiger partial charge in [0.25, 0.3) is 0 Å². The normalized spacial score (nSPS) is 14.7. The van der Waals surface area contributed by atoms with Gasteiger partial charge in [-0.2, -0.15) is 5.10 Å². The molecule has 0 atom stereocenters. The van der Waals surface area contributed by atoms with Gasteiger partial charge in [0.2, 0.25) is 0 Å². The summed E-state index contributed by atoms with van der Waals surface area (Å²) in [4.78, 5) is 7.36. The fraction of sp³-hybridized carbons (Fsp3) is 0.464. The third-order valence-electron chi connectivity index (χ3n) is 6.82. The van der Waals surface area contributed by atoms with Crippen molar-refractivity contribution in [2.45, 2.75) is 46.7 Å². The van der Waals surface area contributed by atoms with E-state index in [1.54, 1.807) is 12.1 Å². The predicted molar refractivity (Wildman–Crippen MR) is 143 cm³/mol. The second kappa shape index (κ2) is 12.0. The van der Waals surface area contributed by atoms with Gasteiger partial charge in [-0.3, -0.25) is 4.90 Å². The Balaban J connectivity index is 1.74. The van der Waals surface area contributed by atoms with E-state index in [2.05, 4.69) is 41.5 Å². The minimum absolute atomic E-state index is 0.241. The van der Waals surface area contributed by atoms with E-state index in [0.717, 1.165) is 87.4 Å². The van der Waals surface area contributed by atoms with Crippen LogP contribution in [0.2, 0.25) is 5.02 Å². The summed E-state index contributed by atoms with van der Waals surface area (Å²) in [5.41, 5.74) is 4.34. The number of aryl methyl sites for hydroxylation is 1. The third-order valence-corrected chi connectivity index (χ3v) is 7.06. The molecule has 4 rings (SSSR count). The molecule has 0 N–H and O–H groups in total. The summed E-state index contributed by atoms with van der Waals surface area (Å²) in [6, 6.07) is 14.9. The van der Waals surface area contributed by atoms with Crippen LogP contribution in [0.5, 0.6) is 0 Å². The van der Waals surface area contributed by atoms with Crippen molar-refractivity contribution >= 4 is 17.4 Å². The minimum atomic E-state index is -0.241. The molecule has 0 unspecified atom stereocenters. The summed E-state index contributed by atoms with van der Waals surface area (Å²) in [7, 11) is 0. The van der Waals surface area contributed by atoms with Crippen LogP contribution in [0.3, 0.4) is 0 Å². The van der Waals surface area contributed by atoms with Gasteiger partial charge in [0.1, 0.15) is 11.6 Å². The summed E-state index contributed by atoms with van der Waals surface area (Å²) in [6.45, 7) is 14.1. The summed E-state index contributed by atoms with van der Waals surface area (Å²) in [6.07, 6.45) is 1.91. The van der Waals surface area contributed by atoms with Gasteiger partial charge < -0.3 is 9.80 Å². The maximum absolute atomic E-state index is 14.2. The molecule has 1 saturated heterocycles. The van der Waals surface area contributed by atoms with E-state index < -0.39 is 0 Å². The van der Waals surface area contributed by atoms with Crippen molar-refractivity contribution < 1.29 is 4.39 Å². The zero-order valence-corrected chi connectivity index (χ0v) is 21.9. The molecule has 1 fully saturated rings. The number of rotatable bonds is 10. The molecular formula is C28H37ClFN5. The van der Waals surface area contributed by atoms with Crippen LogP contribution in [0.1, 0.15) is 44.0 Å². The zero-order chi connectivity index (χ0) is 24.8. The Labute approximate surface area is 214 Å². The molecule has 0 aliphatic carbocycles. The molecule has 5 nitrogen and oxygen atoms in total. The van der Waals surface area contributed by atoms with E-state index in [4.69, 9.17) is 16.7 Å². The van der Waals surface area contributed by atoms with Crippen LogP contribution in [0.15, 0.2) is 48.5 Å². The molecule has 0 spiro atoms. The first-order valence-corrected chi connectivity index (χ1v) is 13.2. The van der Waals surface area contributed by atoms with Crippen LogP contribution in [0, 0.1) is 5.82 Å². The molecule has 0 bridgehead atoms. The van der Waals surface area contributed by atoms with Crippen LogP contribution in [-0.4, -0.2) is 58.8 Å². The SMILES string of the molecule is CCCc1nn(-c2cccc(F)c2)c(N2CCN(CC)CC2)c1CN(CC)Cc1cccc(Cl)c1. The average molecular weight is 498 g/mol. The van der Waals surface area contributed by atoms with Crippen molar-refractivity contribution in [1.82, 2.24) is 19.6 Å². The molecular weight excluding hydrogens is 461 g/mol. The molecule has 188 valence electrons. The van der Waals surface area contributed by atoms with Gasteiger partial charge in [-0.15, -0.1) is 0 Å². The van der Waals surface area contributed by atoms with E-state index >= 15 is 0 Å². The first kappa shape index (κ1) is 25.7. The average Bonchev–Trinajstić information content (AvgIpc) is 3.21. The Morgan fingerprint density at radius 1 is 0.971 bits per heavy atom. The fourth-order valence-corrected chi connectivity index (χ4v) is 5.08. The maximum Gasteiger partial charge on any atom is 0.137 e. The van der Waals surface area contributed by atoms with Gasteiger partial charge in [-0.05, 0) is 55.4 Å². The van der Waals surface area contributed by atoms with E-state index in [-0.39, 0.29) is 5.82 Å². The number of piperazine rings is 1. The molecule has 1 aromatic heterocycles. The van der Waals surface area contributed by atoms with Crippen molar-refractivity contribution in [2.24, 2.45) is 0 Å². The first-order valence-electron chi connectivity index (χ1n) is 12.8. The monoisotopic (exact) mass is 497 g/mol.